The Morgan fingerprint density at radius 3 is 2.38 bits per heavy atom. The first-order valence-corrected chi connectivity index (χ1v) is 9.98. The normalized spacial score (nSPS) is 12.2. The fourth-order valence-electron chi connectivity index (χ4n) is 2.29. The van der Waals surface area contributed by atoms with Gasteiger partial charge in [-0.2, -0.15) is 0 Å². The van der Waals surface area contributed by atoms with Gasteiger partial charge in [0.2, 0.25) is 11.8 Å². The molecule has 0 heterocycles. The maximum atomic E-state index is 12.5. The molecule has 2 amide bonds. The number of amides is 2. The Morgan fingerprint density at radius 2 is 1.76 bits per heavy atom. The van der Waals surface area contributed by atoms with Crippen molar-refractivity contribution in [3.63, 3.8) is 0 Å². The third-order valence-electron chi connectivity index (χ3n) is 4.01. The Bertz CT molecular complexity index is 958. The van der Waals surface area contributed by atoms with E-state index in [4.69, 9.17) is 16.7 Å². The highest BCUT2D eigenvalue weighted by Gasteiger charge is 2.16. The van der Waals surface area contributed by atoms with Crippen LogP contribution in [0.3, 0.4) is 0 Å². The summed E-state index contributed by atoms with van der Waals surface area (Å²) in [5.41, 5.74) is 1.97. The van der Waals surface area contributed by atoms with E-state index in [2.05, 4.69) is 10.6 Å². The van der Waals surface area contributed by atoms with Crippen LogP contribution in [-0.2, 0) is 14.4 Å². The molecule has 0 aliphatic carbocycles. The smallest absolute Gasteiger partial charge is 0.331 e. The number of halogens is 1. The molecule has 0 spiro atoms. The number of anilines is 2. The molecule has 0 saturated heterocycles. The average Bonchev–Trinajstić information content (AvgIpc) is 2.66. The SMILES string of the molecule is C/C(=C\C(=O)Nc1ccc(S[C@H](C)C(=O)Nc2cccc(Cl)c2C)cc1)C(=O)O. The summed E-state index contributed by atoms with van der Waals surface area (Å²) in [5, 5.41) is 14.5. The molecule has 2 aromatic carbocycles. The molecule has 0 aliphatic heterocycles. The van der Waals surface area contributed by atoms with Crippen molar-refractivity contribution < 1.29 is 19.5 Å². The number of hydrogen-bond acceptors (Lipinski definition) is 4. The largest absolute Gasteiger partial charge is 0.478 e. The third-order valence-corrected chi connectivity index (χ3v) is 5.54. The monoisotopic (exact) mass is 432 g/mol. The molecular formula is C21H21ClN2O4S. The van der Waals surface area contributed by atoms with Gasteiger partial charge in [0.25, 0.3) is 0 Å². The lowest BCUT2D eigenvalue weighted by Gasteiger charge is -2.14. The Labute approximate surface area is 178 Å². The molecule has 0 bridgehead atoms. The van der Waals surface area contributed by atoms with Crippen molar-refractivity contribution in [1.29, 1.82) is 0 Å². The Kier molecular flexibility index (Phi) is 7.87. The zero-order valence-corrected chi connectivity index (χ0v) is 17.7. The Morgan fingerprint density at radius 1 is 1.10 bits per heavy atom. The van der Waals surface area contributed by atoms with Gasteiger partial charge in [-0.3, -0.25) is 9.59 Å². The van der Waals surface area contributed by atoms with Gasteiger partial charge < -0.3 is 15.7 Å². The number of hydrogen-bond donors (Lipinski definition) is 3. The van der Waals surface area contributed by atoms with Crippen molar-refractivity contribution >= 4 is 52.5 Å². The number of nitrogens with one attached hydrogen (secondary N) is 2. The highest BCUT2D eigenvalue weighted by Crippen LogP contribution is 2.27. The number of aliphatic carboxylic acids is 1. The van der Waals surface area contributed by atoms with Crippen LogP contribution in [0.15, 0.2) is 59.0 Å². The van der Waals surface area contributed by atoms with E-state index in [9.17, 15) is 14.4 Å². The van der Waals surface area contributed by atoms with E-state index >= 15 is 0 Å². The number of rotatable bonds is 7. The molecule has 0 aromatic heterocycles. The summed E-state index contributed by atoms with van der Waals surface area (Å²) in [6.07, 6.45) is 1.02. The predicted octanol–water partition coefficient (Wildman–Crippen LogP) is 4.74. The molecule has 6 nitrogen and oxygen atoms in total. The first-order chi connectivity index (χ1) is 13.7. The molecule has 0 unspecified atom stereocenters. The minimum absolute atomic E-state index is 0.0514. The van der Waals surface area contributed by atoms with Crippen LogP contribution in [0.5, 0.6) is 0 Å². The number of benzene rings is 2. The zero-order chi connectivity index (χ0) is 21.6. The van der Waals surface area contributed by atoms with Crippen LogP contribution in [0, 0.1) is 6.92 Å². The molecule has 0 radical (unpaired) electrons. The van der Waals surface area contributed by atoms with Crippen LogP contribution in [0.1, 0.15) is 19.4 Å². The van der Waals surface area contributed by atoms with E-state index < -0.39 is 11.9 Å². The maximum Gasteiger partial charge on any atom is 0.331 e. The number of carbonyl (C=O) groups is 3. The first kappa shape index (κ1) is 22.5. The standard InChI is InChI=1S/C21H21ClN2O4S/c1-12(21(27)28)11-19(25)23-15-7-9-16(10-8-15)29-14(3)20(26)24-18-6-4-5-17(22)13(18)2/h4-11,14H,1-3H3,(H,23,25)(H,24,26)(H,27,28)/b12-11+/t14-/m1/s1. The van der Waals surface area contributed by atoms with Crippen molar-refractivity contribution in [3.05, 3.63) is 64.7 Å². The molecule has 29 heavy (non-hydrogen) atoms. The second kappa shape index (κ2) is 10.1. The Hall–Kier alpha value is -2.77. The third kappa shape index (κ3) is 6.66. The average molecular weight is 433 g/mol. The van der Waals surface area contributed by atoms with Crippen LogP contribution in [-0.4, -0.2) is 28.1 Å². The first-order valence-electron chi connectivity index (χ1n) is 8.72. The molecular weight excluding hydrogens is 412 g/mol. The maximum absolute atomic E-state index is 12.5. The van der Waals surface area contributed by atoms with Gasteiger partial charge in [0.15, 0.2) is 0 Å². The van der Waals surface area contributed by atoms with Gasteiger partial charge in [0, 0.05) is 32.9 Å². The minimum atomic E-state index is -1.15. The quantitative estimate of drug-likeness (QED) is 0.434. The van der Waals surface area contributed by atoms with E-state index in [0.29, 0.717) is 16.4 Å². The van der Waals surface area contributed by atoms with Crippen LogP contribution < -0.4 is 10.6 Å². The highest BCUT2D eigenvalue weighted by atomic mass is 35.5. The molecule has 2 rings (SSSR count). The molecule has 0 fully saturated rings. The van der Waals surface area contributed by atoms with E-state index in [0.717, 1.165) is 16.5 Å². The molecule has 2 aromatic rings. The summed E-state index contributed by atoms with van der Waals surface area (Å²) in [6.45, 7) is 4.99. The van der Waals surface area contributed by atoms with Crippen molar-refractivity contribution in [2.24, 2.45) is 0 Å². The van der Waals surface area contributed by atoms with Gasteiger partial charge in [-0.05, 0) is 62.7 Å². The van der Waals surface area contributed by atoms with Gasteiger partial charge in [-0.1, -0.05) is 17.7 Å². The topological polar surface area (TPSA) is 95.5 Å². The van der Waals surface area contributed by atoms with Crippen LogP contribution in [0.2, 0.25) is 5.02 Å². The summed E-state index contributed by atoms with van der Waals surface area (Å²) in [5.74, 6) is -1.81. The number of carbonyl (C=O) groups excluding carboxylic acids is 2. The summed E-state index contributed by atoms with van der Waals surface area (Å²) in [7, 11) is 0. The van der Waals surface area contributed by atoms with E-state index in [1.165, 1.54) is 18.7 Å². The lowest BCUT2D eigenvalue weighted by molar-refractivity contribution is -0.132. The minimum Gasteiger partial charge on any atom is -0.478 e. The lowest BCUT2D eigenvalue weighted by Crippen LogP contribution is -2.22. The summed E-state index contributed by atoms with van der Waals surface area (Å²) >= 11 is 7.46. The highest BCUT2D eigenvalue weighted by molar-refractivity contribution is 8.00. The molecule has 8 heteroatoms. The second-order valence-corrected chi connectivity index (χ2v) is 8.13. The molecule has 1 atom stereocenters. The van der Waals surface area contributed by atoms with Crippen molar-refractivity contribution in [2.75, 3.05) is 10.6 Å². The van der Waals surface area contributed by atoms with Crippen LogP contribution in [0.4, 0.5) is 11.4 Å². The zero-order valence-electron chi connectivity index (χ0n) is 16.2. The molecule has 3 N–H and O–H groups in total. The van der Waals surface area contributed by atoms with Gasteiger partial charge in [0.1, 0.15) is 0 Å². The summed E-state index contributed by atoms with van der Waals surface area (Å²) in [4.78, 5) is 35.9. The van der Waals surface area contributed by atoms with Gasteiger partial charge >= 0.3 is 5.97 Å². The molecule has 152 valence electrons. The summed E-state index contributed by atoms with van der Waals surface area (Å²) < 4.78 is 0. The number of thioether (sulfide) groups is 1. The number of carboxylic acid groups (broad SMARTS) is 1. The van der Waals surface area contributed by atoms with Crippen LogP contribution >= 0.6 is 23.4 Å². The van der Waals surface area contributed by atoms with E-state index in [1.54, 1.807) is 49.4 Å². The van der Waals surface area contributed by atoms with Crippen molar-refractivity contribution in [3.8, 4) is 0 Å². The van der Waals surface area contributed by atoms with Crippen molar-refractivity contribution in [1.82, 2.24) is 0 Å². The predicted molar refractivity (Wildman–Crippen MR) is 117 cm³/mol. The van der Waals surface area contributed by atoms with Crippen molar-refractivity contribution in [2.45, 2.75) is 30.9 Å². The van der Waals surface area contributed by atoms with Gasteiger partial charge in [-0.15, -0.1) is 11.8 Å². The van der Waals surface area contributed by atoms with Gasteiger partial charge in [-0.25, -0.2) is 4.79 Å². The molecule has 0 aliphatic rings. The molecule has 0 saturated carbocycles. The van der Waals surface area contributed by atoms with E-state index in [1.807, 2.05) is 6.92 Å². The second-order valence-electron chi connectivity index (χ2n) is 6.31. The Balaban J connectivity index is 1.95. The van der Waals surface area contributed by atoms with E-state index in [-0.39, 0.29) is 16.7 Å². The fraction of sp³-hybridized carbons (Fsp3) is 0.190. The van der Waals surface area contributed by atoms with Crippen LogP contribution in [0.25, 0.3) is 0 Å². The lowest BCUT2D eigenvalue weighted by atomic mass is 10.2. The summed E-state index contributed by atoms with van der Waals surface area (Å²) in [6, 6.07) is 12.3. The van der Waals surface area contributed by atoms with Gasteiger partial charge in [0.05, 0.1) is 5.25 Å². The number of carboxylic acids is 1. The fourth-order valence-corrected chi connectivity index (χ4v) is 3.33.